The SMILES string of the molecule is CC(C)CCC(C)NC(=O)c1cncn1-c1cccc(-c2cccc(OC(F)(F)F)c2)c1. The first-order valence-corrected chi connectivity index (χ1v) is 10.4. The standard InChI is InChI=1S/C24H26F3N3O2/c1-16(2)10-11-17(3)29-23(31)22-14-28-15-30(22)20-8-4-6-18(12-20)19-7-5-9-21(13-19)32-24(25,26)27/h4-9,12-17H,10-11H2,1-3H3,(H,29,31). The van der Waals surface area contributed by atoms with Gasteiger partial charge in [0.1, 0.15) is 11.4 Å². The maximum atomic E-state index is 12.8. The first-order chi connectivity index (χ1) is 15.1. The Bertz CT molecular complexity index is 1060. The first-order valence-electron chi connectivity index (χ1n) is 10.4. The van der Waals surface area contributed by atoms with Gasteiger partial charge in [0.15, 0.2) is 0 Å². The van der Waals surface area contributed by atoms with Crippen molar-refractivity contribution in [2.24, 2.45) is 5.92 Å². The van der Waals surface area contributed by atoms with Gasteiger partial charge in [0.05, 0.1) is 12.5 Å². The molecule has 0 saturated carbocycles. The molecule has 0 bridgehead atoms. The molecule has 0 radical (unpaired) electrons. The van der Waals surface area contributed by atoms with Crippen molar-refractivity contribution in [3.05, 3.63) is 66.7 Å². The fourth-order valence-corrected chi connectivity index (χ4v) is 3.33. The number of aromatic nitrogens is 2. The van der Waals surface area contributed by atoms with Crippen LogP contribution in [0, 0.1) is 5.92 Å². The molecule has 2 aromatic carbocycles. The Kier molecular flexibility index (Phi) is 7.22. The predicted molar refractivity (Wildman–Crippen MR) is 117 cm³/mol. The van der Waals surface area contributed by atoms with Crippen molar-refractivity contribution in [1.29, 1.82) is 0 Å². The number of hydrogen-bond acceptors (Lipinski definition) is 3. The molecule has 3 aromatic rings. The molecule has 0 aliphatic carbocycles. The van der Waals surface area contributed by atoms with Crippen molar-refractivity contribution in [2.45, 2.75) is 46.0 Å². The highest BCUT2D eigenvalue weighted by molar-refractivity contribution is 5.93. The van der Waals surface area contributed by atoms with Gasteiger partial charge in [-0.3, -0.25) is 9.36 Å². The van der Waals surface area contributed by atoms with Crippen molar-refractivity contribution >= 4 is 5.91 Å². The summed E-state index contributed by atoms with van der Waals surface area (Å²) < 4.78 is 43.3. The van der Waals surface area contributed by atoms with Gasteiger partial charge in [-0.1, -0.05) is 38.1 Å². The number of carbonyl (C=O) groups is 1. The monoisotopic (exact) mass is 445 g/mol. The van der Waals surface area contributed by atoms with Gasteiger partial charge in [0.2, 0.25) is 0 Å². The number of imidazole rings is 1. The Balaban J connectivity index is 1.82. The number of hydrogen-bond donors (Lipinski definition) is 1. The molecule has 1 amide bonds. The molecule has 1 aromatic heterocycles. The summed E-state index contributed by atoms with van der Waals surface area (Å²) in [5.41, 5.74) is 2.29. The van der Waals surface area contributed by atoms with Gasteiger partial charge in [-0.05, 0) is 61.1 Å². The molecule has 1 heterocycles. The van der Waals surface area contributed by atoms with Crippen LogP contribution < -0.4 is 10.1 Å². The maximum Gasteiger partial charge on any atom is 0.573 e. The third-order valence-electron chi connectivity index (χ3n) is 4.95. The van der Waals surface area contributed by atoms with E-state index in [4.69, 9.17) is 0 Å². The molecule has 0 fully saturated rings. The minimum absolute atomic E-state index is 0.0240. The molecule has 0 spiro atoms. The molecular formula is C24H26F3N3O2. The van der Waals surface area contributed by atoms with E-state index in [1.54, 1.807) is 34.9 Å². The maximum absolute atomic E-state index is 12.8. The van der Waals surface area contributed by atoms with Crippen LogP contribution in [0.25, 0.3) is 16.8 Å². The Hall–Kier alpha value is -3.29. The van der Waals surface area contributed by atoms with E-state index in [2.05, 4.69) is 28.9 Å². The van der Waals surface area contributed by atoms with Crippen LogP contribution >= 0.6 is 0 Å². The molecule has 32 heavy (non-hydrogen) atoms. The number of amides is 1. The lowest BCUT2D eigenvalue weighted by atomic mass is 10.0. The highest BCUT2D eigenvalue weighted by atomic mass is 19.4. The van der Waals surface area contributed by atoms with Gasteiger partial charge < -0.3 is 10.1 Å². The lowest BCUT2D eigenvalue weighted by Crippen LogP contribution is -2.33. The van der Waals surface area contributed by atoms with Crippen molar-refractivity contribution in [3.8, 4) is 22.6 Å². The highest BCUT2D eigenvalue weighted by Gasteiger charge is 2.31. The summed E-state index contributed by atoms with van der Waals surface area (Å²) in [6.45, 7) is 6.25. The van der Waals surface area contributed by atoms with Crippen LogP contribution in [0.3, 0.4) is 0 Å². The molecule has 0 aliphatic rings. The molecule has 5 nitrogen and oxygen atoms in total. The second kappa shape index (κ2) is 9.89. The normalized spacial score (nSPS) is 12.6. The van der Waals surface area contributed by atoms with Crippen LogP contribution in [0.1, 0.15) is 44.1 Å². The lowest BCUT2D eigenvalue weighted by Gasteiger charge is -2.16. The van der Waals surface area contributed by atoms with E-state index in [-0.39, 0.29) is 17.7 Å². The zero-order valence-electron chi connectivity index (χ0n) is 18.2. The average molecular weight is 445 g/mol. The average Bonchev–Trinajstić information content (AvgIpc) is 3.21. The van der Waals surface area contributed by atoms with E-state index in [1.165, 1.54) is 30.7 Å². The second-order valence-corrected chi connectivity index (χ2v) is 8.12. The molecule has 0 saturated heterocycles. The molecule has 1 unspecified atom stereocenters. The minimum atomic E-state index is -4.76. The second-order valence-electron chi connectivity index (χ2n) is 8.12. The number of ether oxygens (including phenoxy) is 1. The quantitative estimate of drug-likeness (QED) is 0.463. The third kappa shape index (κ3) is 6.35. The van der Waals surface area contributed by atoms with Gasteiger partial charge >= 0.3 is 6.36 Å². The fourth-order valence-electron chi connectivity index (χ4n) is 3.33. The molecule has 170 valence electrons. The van der Waals surface area contributed by atoms with Crippen LogP contribution in [0.5, 0.6) is 5.75 Å². The third-order valence-corrected chi connectivity index (χ3v) is 4.95. The summed E-state index contributed by atoms with van der Waals surface area (Å²) >= 11 is 0. The Morgan fingerprint density at radius 2 is 1.75 bits per heavy atom. The van der Waals surface area contributed by atoms with Crippen molar-refractivity contribution in [1.82, 2.24) is 14.9 Å². The van der Waals surface area contributed by atoms with E-state index in [1.807, 2.05) is 6.92 Å². The topological polar surface area (TPSA) is 56.2 Å². The first kappa shape index (κ1) is 23.4. The molecule has 3 rings (SSSR count). The van der Waals surface area contributed by atoms with E-state index in [9.17, 15) is 18.0 Å². The van der Waals surface area contributed by atoms with Crippen LogP contribution in [0.4, 0.5) is 13.2 Å². The number of alkyl halides is 3. The van der Waals surface area contributed by atoms with E-state index < -0.39 is 6.36 Å². The van der Waals surface area contributed by atoms with Crippen LogP contribution in [0.2, 0.25) is 0 Å². The number of nitrogens with one attached hydrogen (secondary N) is 1. The van der Waals surface area contributed by atoms with E-state index >= 15 is 0 Å². The van der Waals surface area contributed by atoms with Crippen molar-refractivity contribution < 1.29 is 22.7 Å². The number of nitrogens with zero attached hydrogens (tertiary/aromatic N) is 2. The largest absolute Gasteiger partial charge is 0.573 e. The molecule has 1 atom stereocenters. The van der Waals surface area contributed by atoms with Gasteiger partial charge in [0.25, 0.3) is 5.91 Å². The van der Waals surface area contributed by atoms with Crippen LogP contribution in [-0.2, 0) is 0 Å². The zero-order valence-corrected chi connectivity index (χ0v) is 18.2. The molecule has 0 aliphatic heterocycles. The highest BCUT2D eigenvalue weighted by Crippen LogP contribution is 2.29. The summed E-state index contributed by atoms with van der Waals surface area (Å²) in [7, 11) is 0. The van der Waals surface area contributed by atoms with Gasteiger partial charge in [-0.15, -0.1) is 13.2 Å². The lowest BCUT2D eigenvalue weighted by molar-refractivity contribution is -0.274. The number of halogens is 3. The fraction of sp³-hybridized carbons (Fsp3) is 0.333. The molecule has 8 heteroatoms. The number of benzene rings is 2. The summed E-state index contributed by atoms with van der Waals surface area (Å²) in [6.07, 6.45) is 0.167. The molecule has 1 N–H and O–H groups in total. The Morgan fingerprint density at radius 1 is 1.06 bits per heavy atom. The summed E-state index contributed by atoms with van der Waals surface area (Å²) in [6, 6.07) is 12.9. The predicted octanol–water partition coefficient (Wildman–Crippen LogP) is 5.99. The van der Waals surface area contributed by atoms with Crippen molar-refractivity contribution in [3.63, 3.8) is 0 Å². The van der Waals surface area contributed by atoms with Crippen LogP contribution in [-0.4, -0.2) is 27.9 Å². The Morgan fingerprint density at radius 3 is 2.44 bits per heavy atom. The summed E-state index contributed by atoms with van der Waals surface area (Å²) in [4.78, 5) is 16.9. The smallest absolute Gasteiger partial charge is 0.406 e. The van der Waals surface area contributed by atoms with Gasteiger partial charge in [-0.2, -0.15) is 0 Å². The minimum Gasteiger partial charge on any atom is -0.406 e. The molecular weight excluding hydrogens is 419 g/mol. The van der Waals surface area contributed by atoms with E-state index in [0.29, 0.717) is 28.4 Å². The summed E-state index contributed by atoms with van der Waals surface area (Å²) in [5.74, 6) is 0.0332. The Labute approximate surface area is 185 Å². The zero-order chi connectivity index (χ0) is 23.3. The van der Waals surface area contributed by atoms with Gasteiger partial charge in [-0.25, -0.2) is 4.98 Å². The number of rotatable bonds is 8. The van der Waals surface area contributed by atoms with Crippen molar-refractivity contribution in [2.75, 3.05) is 0 Å². The van der Waals surface area contributed by atoms with E-state index in [0.717, 1.165) is 12.8 Å². The summed E-state index contributed by atoms with van der Waals surface area (Å²) in [5, 5.41) is 3.00. The van der Waals surface area contributed by atoms with Crippen LogP contribution in [0.15, 0.2) is 61.1 Å². The number of carbonyl (C=O) groups excluding carboxylic acids is 1. The van der Waals surface area contributed by atoms with Gasteiger partial charge in [0, 0.05) is 11.7 Å².